The van der Waals surface area contributed by atoms with E-state index < -0.39 is 0 Å². The molecule has 1 saturated heterocycles. The first-order chi connectivity index (χ1) is 10.3. The molecule has 0 aliphatic carbocycles. The van der Waals surface area contributed by atoms with Crippen molar-refractivity contribution >= 4 is 33.5 Å². The molecule has 21 heavy (non-hydrogen) atoms. The number of aryl methyl sites for hydroxylation is 1. The Bertz CT molecular complexity index is 662. The molecule has 1 aromatic carbocycles. The summed E-state index contributed by atoms with van der Waals surface area (Å²) in [5, 5.41) is 5.58. The maximum atomic E-state index is 4.90. The highest BCUT2D eigenvalue weighted by molar-refractivity contribution is 8.13. The Kier molecular flexibility index (Phi) is 4.41. The van der Waals surface area contributed by atoms with Crippen LogP contribution in [0, 0.1) is 6.92 Å². The second kappa shape index (κ2) is 6.45. The van der Waals surface area contributed by atoms with E-state index in [4.69, 9.17) is 4.99 Å². The Morgan fingerprint density at radius 3 is 2.81 bits per heavy atom. The van der Waals surface area contributed by atoms with E-state index in [0.717, 1.165) is 53.6 Å². The van der Waals surface area contributed by atoms with Gasteiger partial charge in [0.05, 0.1) is 11.2 Å². The van der Waals surface area contributed by atoms with E-state index in [0.29, 0.717) is 0 Å². The van der Waals surface area contributed by atoms with Crippen molar-refractivity contribution in [2.75, 3.05) is 32.4 Å². The van der Waals surface area contributed by atoms with E-state index in [1.54, 1.807) is 11.8 Å². The largest absolute Gasteiger partial charge is 0.349 e. The van der Waals surface area contributed by atoms with E-state index in [-0.39, 0.29) is 0 Å². The lowest BCUT2D eigenvalue weighted by Crippen LogP contribution is -2.45. The predicted molar refractivity (Wildman–Crippen MR) is 91.5 cm³/mol. The Hall–Kier alpha value is -1.59. The average Bonchev–Trinajstić information content (AvgIpc) is 2.53. The van der Waals surface area contributed by atoms with Gasteiger partial charge in [-0.25, -0.2) is 4.99 Å². The summed E-state index contributed by atoms with van der Waals surface area (Å²) >= 11 is 1.71. The van der Waals surface area contributed by atoms with Crippen LogP contribution in [-0.2, 0) is 0 Å². The maximum Gasteiger partial charge on any atom is 0.164 e. The Balaban J connectivity index is 2.00. The minimum atomic E-state index is 1.00. The van der Waals surface area contributed by atoms with Crippen molar-refractivity contribution in [3.05, 3.63) is 36.0 Å². The van der Waals surface area contributed by atoms with Gasteiger partial charge in [0.25, 0.3) is 0 Å². The third-order valence-electron chi connectivity index (χ3n) is 3.63. The number of aromatic nitrogens is 1. The lowest BCUT2D eigenvalue weighted by molar-refractivity contribution is 0.363. The van der Waals surface area contributed by atoms with Gasteiger partial charge in [0.2, 0.25) is 0 Å². The van der Waals surface area contributed by atoms with Gasteiger partial charge in [-0.15, -0.1) is 0 Å². The summed E-state index contributed by atoms with van der Waals surface area (Å²) in [6.45, 7) is 6.10. The standard InChI is InChI=1S/C16H20N4S/c1-12-6-7-13-14(18-12)4-3-5-15(13)19-16(21-2)20-10-8-17-9-11-20/h3-7,17H,8-11H2,1-2H3. The summed E-state index contributed by atoms with van der Waals surface area (Å²) in [5.41, 5.74) is 3.05. The third kappa shape index (κ3) is 3.19. The summed E-state index contributed by atoms with van der Waals surface area (Å²) in [5.74, 6) is 0. The molecule has 5 heteroatoms. The smallest absolute Gasteiger partial charge is 0.164 e. The summed E-state index contributed by atoms with van der Waals surface area (Å²) in [7, 11) is 0. The van der Waals surface area contributed by atoms with Crippen LogP contribution in [0.4, 0.5) is 5.69 Å². The molecule has 0 saturated carbocycles. The zero-order chi connectivity index (χ0) is 14.7. The first-order valence-corrected chi connectivity index (χ1v) is 8.45. The molecule has 110 valence electrons. The van der Waals surface area contributed by atoms with E-state index in [1.807, 2.05) is 25.1 Å². The van der Waals surface area contributed by atoms with Crippen molar-refractivity contribution in [3.8, 4) is 0 Å². The molecule has 0 spiro atoms. The number of hydrogen-bond acceptors (Lipinski definition) is 4. The minimum Gasteiger partial charge on any atom is -0.349 e. The molecule has 0 amide bonds. The summed E-state index contributed by atoms with van der Waals surface area (Å²) in [6, 6.07) is 10.3. The van der Waals surface area contributed by atoms with Gasteiger partial charge < -0.3 is 10.2 Å². The Morgan fingerprint density at radius 1 is 1.24 bits per heavy atom. The van der Waals surface area contributed by atoms with Crippen LogP contribution in [0.5, 0.6) is 0 Å². The molecular weight excluding hydrogens is 280 g/mol. The lowest BCUT2D eigenvalue weighted by atomic mass is 10.1. The second-order valence-electron chi connectivity index (χ2n) is 5.13. The molecule has 1 fully saturated rings. The van der Waals surface area contributed by atoms with Crippen molar-refractivity contribution < 1.29 is 0 Å². The number of benzene rings is 1. The van der Waals surface area contributed by atoms with Gasteiger partial charge in [-0.2, -0.15) is 0 Å². The van der Waals surface area contributed by atoms with Crippen LogP contribution >= 0.6 is 11.8 Å². The quantitative estimate of drug-likeness (QED) is 0.649. The van der Waals surface area contributed by atoms with E-state index in [1.165, 1.54) is 0 Å². The molecular formula is C16H20N4S. The number of fused-ring (bicyclic) bond motifs is 1. The second-order valence-corrected chi connectivity index (χ2v) is 5.91. The maximum absolute atomic E-state index is 4.90. The van der Waals surface area contributed by atoms with Crippen molar-refractivity contribution in [2.24, 2.45) is 4.99 Å². The number of pyridine rings is 1. The molecule has 1 aliphatic heterocycles. The Morgan fingerprint density at radius 2 is 2.05 bits per heavy atom. The number of hydrogen-bond donors (Lipinski definition) is 1. The number of nitrogens with one attached hydrogen (secondary N) is 1. The molecule has 0 atom stereocenters. The molecule has 1 aliphatic rings. The summed E-state index contributed by atoms with van der Waals surface area (Å²) in [6.07, 6.45) is 2.09. The number of aliphatic imine (C=N–C) groups is 1. The van der Waals surface area contributed by atoms with Crippen LogP contribution in [0.25, 0.3) is 10.9 Å². The average molecular weight is 300 g/mol. The SMILES string of the molecule is CSC(=Nc1cccc2nc(C)ccc12)N1CCNCC1. The zero-order valence-corrected chi connectivity index (χ0v) is 13.3. The van der Waals surface area contributed by atoms with Crippen molar-refractivity contribution in [3.63, 3.8) is 0 Å². The lowest BCUT2D eigenvalue weighted by Gasteiger charge is -2.29. The molecule has 3 rings (SSSR count). The molecule has 0 radical (unpaired) electrons. The molecule has 0 bridgehead atoms. The van der Waals surface area contributed by atoms with Gasteiger partial charge in [0.15, 0.2) is 5.17 Å². The highest BCUT2D eigenvalue weighted by Crippen LogP contribution is 2.26. The van der Waals surface area contributed by atoms with Crippen molar-refractivity contribution in [1.82, 2.24) is 15.2 Å². The van der Waals surface area contributed by atoms with E-state index in [2.05, 4.69) is 33.6 Å². The predicted octanol–water partition coefficient (Wildman–Crippen LogP) is 2.80. The van der Waals surface area contributed by atoms with Gasteiger partial charge in [-0.3, -0.25) is 4.98 Å². The number of rotatable bonds is 1. The molecule has 1 aromatic heterocycles. The molecule has 0 unspecified atom stereocenters. The first kappa shape index (κ1) is 14.4. The fraction of sp³-hybridized carbons (Fsp3) is 0.375. The monoisotopic (exact) mass is 300 g/mol. The highest BCUT2D eigenvalue weighted by Gasteiger charge is 2.14. The molecule has 2 heterocycles. The fourth-order valence-corrected chi connectivity index (χ4v) is 3.17. The van der Waals surface area contributed by atoms with Gasteiger partial charge in [-0.05, 0) is 37.4 Å². The molecule has 1 N–H and O–H groups in total. The zero-order valence-electron chi connectivity index (χ0n) is 12.5. The Labute approximate surface area is 129 Å². The third-order valence-corrected chi connectivity index (χ3v) is 4.35. The van der Waals surface area contributed by atoms with Gasteiger partial charge in [-0.1, -0.05) is 17.8 Å². The number of piperazine rings is 1. The van der Waals surface area contributed by atoms with Crippen molar-refractivity contribution in [1.29, 1.82) is 0 Å². The topological polar surface area (TPSA) is 40.5 Å². The van der Waals surface area contributed by atoms with Gasteiger partial charge in [0.1, 0.15) is 0 Å². The highest BCUT2D eigenvalue weighted by atomic mass is 32.2. The van der Waals surface area contributed by atoms with Crippen LogP contribution in [-0.4, -0.2) is 47.5 Å². The van der Waals surface area contributed by atoms with Crippen LogP contribution in [0.15, 0.2) is 35.3 Å². The fourth-order valence-electron chi connectivity index (χ4n) is 2.54. The van der Waals surface area contributed by atoms with E-state index >= 15 is 0 Å². The van der Waals surface area contributed by atoms with Crippen LogP contribution < -0.4 is 5.32 Å². The number of thioether (sulfide) groups is 1. The van der Waals surface area contributed by atoms with E-state index in [9.17, 15) is 0 Å². The van der Waals surface area contributed by atoms with Crippen LogP contribution in [0.1, 0.15) is 5.69 Å². The number of nitrogens with zero attached hydrogens (tertiary/aromatic N) is 3. The normalized spacial score (nSPS) is 16.5. The van der Waals surface area contributed by atoms with Crippen molar-refractivity contribution in [2.45, 2.75) is 6.92 Å². The van der Waals surface area contributed by atoms with Gasteiger partial charge >= 0.3 is 0 Å². The summed E-state index contributed by atoms with van der Waals surface area (Å²) in [4.78, 5) is 11.8. The van der Waals surface area contributed by atoms with Gasteiger partial charge in [0, 0.05) is 37.3 Å². The molecule has 2 aromatic rings. The summed E-state index contributed by atoms with van der Waals surface area (Å²) < 4.78 is 0. The minimum absolute atomic E-state index is 1.00. The number of amidine groups is 1. The molecule has 4 nitrogen and oxygen atoms in total. The van der Waals surface area contributed by atoms with Crippen LogP contribution in [0.2, 0.25) is 0 Å². The van der Waals surface area contributed by atoms with Crippen LogP contribution in [0.3, 0.4) is 0 Å². The first-order valence-electron chi connectivity index (χ1n) is 7.22.